The Morgan fingerprint density at radius 3 is 1.68 bits per heavy atom. The van der Waals surface area contributed by atoms with Crippen molar-refractivity contribution in [3.63, 3.8) is 0 Å². The van der Waals surface area contributed by atoms with Gasteiger partial charge in [-0.05, 0) is 25.2 Å². The van der Waals surface area contributed by atoms with Crippen LogP contribution in [0.2, 0.25) is 0 Å². The minimum atomic E-state index is -0.0190. The van der Waals surface area contributed by atoms with Gasteiger partial charge in [-0.2, -0.15) is 0 Å². The molecule has 0 bridgehead atoms. The minimum absolute atomic E-state index is 0. The Hall–Kier alpha value is -1.50. The number of imidazole rings is 2. The predicted molar refractivity (Wildman–Crippen MR) is 83.3 cm³/mol. The molecule has 2 aromatic heterocycles. The molecule has 0 unspecified atom stereocenters. The van der Waals surface area contributed by atoms with Gasteiger partial charge in [0.1, 0.15) is 0 Å². The molecule has 0 saturated carbocycles. The topological polar surface area (TPSA) is 78.7 Å². The molecule has 0 aliphatic rings. The van der Waals surface area contributed by atoms with Gasteiger partial charge < -0.3 is 19.9 Å². The molecule has 7 heteroatoms. The summed E-state index contributed by atoms with van der Waals surface area (Å²) in [5, 5.41) is 0. The van der Waals surface area contributed by atoms with E-state index in [1.165, 1.54) is 0 Å². The quantitative estimate of drug-likeness (QED) is 0.464. The van der Waals surface area contributed by atoms with Crippen molar-refractivity contribution in [3.05, 3.63) is 35.4 Å². The van der Waals surface area contributed by atoms with E-state index in [2.05, 4.69) is 43.8 Å². The van der Waals surface area contributed by atoms with Crippen LogP contribution in [-0.2, 0) is 22.4 Å². The van der Waals surface area contributed by atoms with Crippen LogP contribution < -0.4 is 9.97 Å². The summed E-state index contributed by atoms with van der Waals surface area (Å²) in [6.07, 6.45) is 6.66. The Bertz CT molecular complexity index is 584. The van der Waals surface area contributed by atoms with Crippen molar-refractivity contribution < 1.29 is 22.4 Å². The first-order chi connectivity index (χ1) is 9.98. The molecule has 2 heterocycles. The van der Waals surface area contributed by atoms with Crippen LogP contribution in [-0.4, -0.2) is 35.5 Å². The summed E-state index contributed by atoms with van der Waals surface area (Å²) in [4.78, 5) is 25.3. The van der Waals surface area contributed by atoms with Crippen LogP contribution in [0.5, 0.6) is 0 Å². The summed E-state index contributed by atoms with van der Waals surface area (Å²) in [6.45, 7) is 9.48. The molecule has 6 nitrogen and oxygen atoms in total. The number of aryl methyl sites for hydroxylation is 2. The second-order valence-corrected chi connectivity index (χ2v) is 5.79. The van der Waals surface area contributed by atoms with Crippen molar-refractivity contribution in [2.45, 2.75) is 27.7 Å². The van der Waals surface area contributed by atoms with Crippen LogP contribution in [0, 0.1) is 19.3 Å². The third-order valence-corrected chi connectivity index (χ3v) is 3.10. The molecule has 2 rings (SSSR count). The fourth-order valence-corrected chi connectivity index (χ4v) is 1.74. The largest absolute Gasteiger partial charge is 0.447 e. The van der Waals surface area contributed by atoms with Crippen molar-refractivity contribution in [1.82, 2.24) is 19.9 Å². The molecule has 0 aliphatic heterocycles. The summed E-state index contributed by atoms with van der Waals surface area (Å²) in [5.41, 5.74) is 3.45. The van der Waals surface area contributed by atoms with Gasteiger partial charge in [0.25, 0.3) is 0 Å². The van der Waals surface area contributed by atoms with Crippen LogP contribution in [0.15, 0.2) is 22.6 Å². The maximum atomic E-state index is 4.45. The average Bonchev–Trinajstić information content (AvgIpc) is 2.99. The molecule has 0 N–H and O–H groups in total. The molecular weight excluding hydrogens is 461 g/mol. The van der Waals surface area contributed by atoms with Crippen LogP contribution >= 0.6 is 0 Å². The number of nitrogens with zero attached hydrogens (tertiary/aromatic N) is 6. The maximum absolute atomic E-state index is 4.45. The number of aromatic nitrogens is 4. The monoisotopic (exact) mass is 481 g/mol. The normalized spacial score (nSPS) is 12.2. The zero-order chi connectivity index (χ0) is 15.3. The third kappa shape index (κ3) is 5.36. The minimum Gasteiger partial charge on any atom is -0.447 e. The van der Waals surface area contributed by atoms with Gasteiger partial charge in [-0.1, -0.05) is 37.9 Å². The van der Waals surface area contributed by atoms with Crippen molar-refractivity contribution in [2.24, 2.45) is 15.4 Å². The van der Waals surface area contributed by atoms with E-state index < -0.39 is 0 Å². The molecule has 123 valence electrons. The predicted octanol–water partition coefficient (Wildman–Crippen LogP) is 1.57. The summed E-state index contributed by atoms with van der Waals surface area (Å²) >= 11 is 0. The van der Waals surface area contributed by atoms with Gasteiger partial charge >= 0.3 is 0 Å². The Balaban J connectivity index is 0.00000242. The summed E-state index contributed by atoms with van der Waals surface area (Å²) < 4.78 is 0. The number of hydrogen-bond acceptors (Lipinski definition) is 4. The van der Waals surface area contributed by atoms with E-state index in [9.17, 15) is 0 Å². The smallest absolute Gasteiger partial charge is 0.0458 e. The van der Waals surface area contributed by atoms with E-state index in [-0.39, 0.29) is 27.8 Å². The van der Waals surface area contributed by atoms with Gasteiger partial charge in [0.15, 0.2) is 0 Å². The first-order valence-electron chi connectivity index (χ1n) is 6.86. The zero-order valence-corrected chi connectivity index (χ0v) is 15.4. The van der Waals surface area contributed by atoms with Gasteiger partial charge in [-0.15, -0.1) is 0 Å². The number of rotatable bonds is 6. The number of hydrogen-bond donors (Lipinski definition) is 0. The zero-order valence-electron chi connectivity index (χ0n) is 13.2. The van der Waals surface area contributed by atoms with E-state index in [0.717, 1.165) is 22.8 Å². The maximum Gasteiger partial charge on any atom is 0.0458 e. The van der Waals surface area contributed by atoms with Crippen LogP contribution in [0.1, 0.15) is 36.6 Å². The molecule has 22 heavy (non-hydrogen) atoms. The van der Waals surface area contributed by atoms with E-state index in [4.69, 9.17) is 0 Å². The molecule has 0 atom stereocenters. The fourth-order valence-electron chi connectivity index (χ4n) is 1.74. The van der Waals surface area contributed by atoms with Crippen molar-refractivity contribution >= 4 is 12.4 Å². The van der Waals surface area contributed by atoms with E-state index in [1.54, 1.807) is 25.1 Å². The second kappa shape index (κ2) is 8.22. The molecule has 0 spiro atoms. The fraction of sp³-hybridized carbons (Fsp3) is 0.467. The van der Waals surface area contributed by atoms with Gasteiger partial charge in [0, 0.05) is 53.3 Å². The Morgan fingerprint density at radius 1 is 0.955 bits per heavy atom. The Kier molecular flexibility index (Phi) is 6.93. The van der Waals surface area contributed by atoms with Crippen molar-refractivity contribution in [1.29, 1.82) is 0 Å². The van der Waals surface area contributed by atoms with Gasteiger partial charge in [-0.25, -0.2) is 0 Å². The molecule has 1 radical (unpaired) electrons. The third-order valence-electron chi connectivity index (χ3n) is 3.10. The summed E-state index contributed by atoms with van der Waals surface area (Å²) in [6, 6.07) is 0. The average molecular weight is 481 g/mol. The van der Waals surface area contributed by atoms with Gasteiger partial charge in [0.05, 0.1) is 0 Å². The van der Waals surface area contributed by atoms with E-state index in [1.807, 2.05) is 13.8 Å². The second-order valence-electron chi connectivity index (χ2n) is 5.79. The Labute approximate surface area is 146 Å². The molecule has 0 saturated heterocycles. The molecular formula is C15H20AuN6-2. The van der Waals surface area contributed by atoms with Crippen molar-refractivity contribution in [3.8, 4) is 0 Å². The molecule has 0 aromatic carbocycles. The van der Waals surface area contributed by atoms with Gasteiger partial charge in [0.2, 0.25) is 0 Å². The molecule has 2 aromatic rings. The summed E-state index contributed by atoms with van der Waals surface area (Å²) in [5.74, 6) is 0. The van der Waals surface area contributed by atoms with Crippen LogP contribution in [0.4, 0.5) is 0 Å². The van der Waals surface area contributed by atoms with Crippen LogP contribution in [0.25, 0.3) is 0 Å². The van der Waals surface area contributed by atoms with Crippen molar-refractivity contribution in [2.75, 3.05) is 13.1 Å². The molecule has 0 fully saturated rings. The summed E-state index contributed by atoms with van der Waals surface area (Å²) in [7, 11) is 0. The first-order valence-corrected chi connectivity index (χ1v) is 6.86. The Morgan fingerprint density at radius 2 is 1.36 bits per heavy atom. The number of aliphatic imine (C=N–C) groups is 2. The van der Waals surface area contributed by atoms with Gasteiger partial charge in [-0.3, -0.25) is 9.98 Å². The standard InChI is InChI=1S/C15H20N6.Au/c1-11-13(20-9-18-11)5-16-7-15(3,4)8-17-6-14-12(2)19-10-21-14;/h5-6,9-10H,7-8H2,1-4H3;/q-2;. The van der Waals surface area contributed by atoms with Crippen LogP contribution in [0.3, 0.4) is 0 Å². The first kappa shape index (κ1) is 18.5. The van der Waals surface area contributed by atoms with E-state index >= 15 is 0 Å². The SMILES string of the molecule is Cc1[n-]cnc1C=NCC(C)(C)CN=Cc1nc[n-]c1C.[Au]. The van der Waals surface area contributed by atoms with E-state index in [0.29, 0.717) is 13.1 Å². The molecule has 0 amide bonds. The molecule has 0 aliphatic carbocycles.